The highest BCUT2D eigenvalue weighted by Crippen LogP contribution is 2.40. The average molecular weight is 561 g/mol. The number of hydrogen-bond acceptors (Lipinski definition) is 7. The lowest BCUT2D eigenvalue weighted by Gasteiger charge is -2.15. The SMILES string of the molecule is CCOC(=O)COc1c(Br)cc(C=C2SC(=S)N(c3ccc(F)c(Cl)c3)C2=O)cc1OC. The Morgan fingerprint density at radius 3 is 2.75 bits per heavy atom. The van der Waals surface area contributed by atoms with Crippen molar-refractivity contribution in [1.82, 2.24) is 0 Å². The molecule has 0 spiro atoms. The maximum atomic E-state index is 13.5. The minimum absolute atomic E-state index is 0.104. The molecule has 3 rings (SSSR count). The average Bonchev–Trinajstić information content (AvgIpc) is 3.02. The van der Waals surface area contributed by atoms with Gasteiger partial charge in [-0.15, -0.1) is 0 Å². The summed E-state index contributed by atoms with van der Waals surface area (Å²) in [7, 11) is 1.46. The first-order valence-electron chi connectivity index (χ1n) is 9.14. The second-order valence-corrected chi connectivity index (χ2v) is 9.18. The first-order chi connectivity index (χ1) is 15.2. The molecule has 0 unspecified atom stereocenters. The van der Waals surface area contributed by atoms with Crippen LogP contribution in [0.2, 0.25) is 5.02 Å². The highest BCUT2D eigenvalue weighted by molar-refractivity contribution is 9.10. The van der Waals surface area contributed by atoms with Gasteiger partial charge in [0.15, 0.2) is 22.4 Å². The normalized spacial score (nSPS) is 14.8. The van der Waals surface area contributed by atoms with Crippen LogP contribution in [-0.4, -0.2) is 36.5 Å². The number of carbonyl (C=O) groups excluding carboxylic acids is 2. The van der Waals surface area contributed by atoms with E-state index in [0.717, 1.165) is 11.8 Å². The van der Waals surface area contributed by atoms with Crippen LogP contribution in [0.15, 0.2) is 39.7 Å². The van der Waals surface area contributed by atoms with Crippen molar-refractivity contribution in [2.45, 2.75) is 6.92 Å². The second kappa shape index (κ2) is 10.7. The molecule has 0 radical (unpaired) electrons. The minimum atomic E-state index is -0.585. The molecule has 0 bridgehead atoms. The highest BCUT2D eigenvalue weighted by atomic mass is 79.9. The standard InChI is InChI=1S/C21H16BrClFNO5S2/c1-3-29-18(26)10-30-19-13(22)6-11(7-16(19)28-2)8-17-20(27)25(21(31)32-17)12-4-5-15(24)14(23)9-12/h4-9H,3,10H2,1-2H3. The fourth-order valence-corrected chi connectivity index (χ4v) is 4.81. The third kappa shape index (κ3) is 5.43. The second-order valence-electron chi connectivity index (χ2n) is 6.24. The maximum absolute atomic E-state index is 13.5. The monoisotopic (exact) mass is 559 g/mol. The van der Waals surface area contributed by atoms with E-state index in [2.05, 4.69) is 15.9 Å². The van der Waals surface area contributed by atoms with Gasteiger partial charge in [-0.1, -0.05) is 35.6 Å². The largest absolute Gasteiger partial charge is 0.493 e. The van der Waals surface area contributed by atoms with Crippen LogP contribution >= 0.6 is 51.5 Å². The molecule has 11 heteroatoms. The Morgan fingerprint density at radius 1 is 1.34 bits per heavy atom. The van der Waals surface area contributed by atoms with E-state index in [1.165, 1.54) is 30.2 Å². The van der Waals surface area contributed by atoms with Crippen molar-refractivity contribution < 1.29 is 28.2 Å². The lowest BCUT2D eigenvalue weighted by Crippen LogP contribution is -2.27. The molecule has 0 aromatic heterocycles. The molecule has 1 heterocycles. The molecule has 0 N–H and O–H groups in total. The van der Waals surface area contributed by atoms with Crippen LogP contribution < -0.4 is 14.4 Å². The Morgan fingerprint density at radius 2 is 2.09 bits per heavy atom. The van der Waals surface area contributed by atoms with Crippen molar-refractivity contribution in [2.24, 2.45) is 0 Å². The van der Waals surface area contributed by atoms with Gasteiger partial charge in [0.05, 0.1) is 33.8 Å². The van der Waals surface area contributed by atoms with Crippen molar-refractivity contribution in [2.75, 3.05) is 25.2 Å². The quantitative estimate of drug-likeness (QED) is 0.248. The Labute approximate surface area is 206 Å². The minimum Gasteiger partial charge on any atom is -0.493 e. The van der Waals surface area contributed by atoms with E-state index in [4.69, 9.17) is 38.0 Å². The van der Waals surface area contributed by atoms with Gasteiger partial charge in [-0.2, -0.15) is 0 Å². The first-order valence-corrected chi connectivity index (χ1v) is 11.5. The maximum Gasteiger partial charge on any atom is 0.344 e. The van der Waals surface area contributed by atoms with Crippen LogP contribution in [0, 0.1) is 5.82 Å². The first kappa shape index (κ1) is 24.5. The molecule has 0 saturated carbocycles. The van der Waals surface area contributed by atoms with Crippen molar-refractivity contribution >= 4 is 79.5 Å². The molecule has 168 valence electrons. The molecule has 1 fully saturated rings. The molecular weight excluding hydrogens is 545 g/mol. The number of amides is 1. The topological polar surface area (TPSA) is 65.1 Å². The summed E-state index contributed by atoms with van der Waals surface area (Å²) in [5.41, 5.74) is 1.01. The van der Waals surface area contributed by atoms with Crippen LogP contribution in [0.4, 0.5) is 10.1 Å². The van der Waals surface area contributed by atoms with Gasteiger partial charge in [0.2, 0.25) is 0 Å². The van der Waals surface area contributed by atoms with E-state index >= 15 is 0 Å². The van der Waals surface area contributed by atoms with Gasteiger partial charge < -0.3 is 14.2 Å². The Hall–Kier alpha value is -2.14. The summed E-state index contributed by atoms with van der Waals surface area (Å²) < 4.78 is 30.1. The van der Waals surface area contributed by atoms with Gasteiger partial charge in [0.25, 0.3) is 5.91 Å². The molecule has 0 atom stereocenters. The number of benzene rings is 2. The number of thioether (sulfide) groups is 1. The summed E-state index contributed by atoms with van der Waals surface area (Å²) in [6.07, 6.45) is 1.65. The third-order valence-electron chi connectivity index (χ3n) is 4.14. The number of halogens is 3. The lowest BCUT2D eigenvalue weighted by atomic mass is 10.1. The van der Waals surface area contributed by atoms with E-state index in [9.17, 15) is 14.0 Å². The number of anilines is 1. The zero-order chi connectivity index (χ0) is 23.4. The summed E-state index contributed by atoms with van der Waals surface area (Å²) in [6, 6.07) is 7.33. The predicted molar refractivity (Wildman–Crippen MR) is 130 cm³/mol. The third-order valence-corrected chi connectivity index (χ3v) is 6.33. The lowest BCUT2D eigenvalue weighted by molar-refractivity contribution is -0.145. The molecule has 1 saturated heterocycles. The Balaban J connectivity index is 1.87. The molecule has 2 aromatic carbocycles. The van der Waals surface area contributed by atoms with E-state index in [0.29, 0.717) is 36.4 Å². The van der Waals surface area contributed by atoms with Gasteiger partial charge in [-0.25, -0.2) is 9.18 Å². The summed E-state index contributed by atoms with van der Waals surface area (Å²) in [5, 5.41) is -0.104. The van der Waals surface area contributed by atoms with Crippen LogP contribution in [-0.2, 0) is 14.3 Å². The summed E-state index contributed by atoms with van der Waals surface area (Å²) in [5.74, 6) is -0.768. The van der Waals surface area contributed by atoms with Crippen molar-refractivity contribution in [1.29, 1.82) is 0 Å². The van der Waals surface area contributed by atoms with Gasteiger partial charge >= 0.3 is 5.97 Å². The molecule has 1 amide bonds. The summed E-state index contributed by atoms with van der Waals surface area (Å²) in [4.78, 5) is 26.2. The van der Waals surface area contributed by atoms with Gasteiger partial charge in [0, 0.05) is 0 Å². The zero-order valence-electron chi connectivity index (χ0n) is 16.8. The Bertz CT molecular complexity index is 1130. The van der Waals surface area contributed by atoms with E-state index in [1.807, 2.05) is 0 Å². The number of thiocarbonyl (C=S) groups is 1. The summed E-state index contributed by atoms with van der Waals surface area (Å²) in [6.45, 7) is 1.68. The van der Waals surface area contributed by atoms with E-state index in [1.54, 1.807) is 25.1 Å². The van der Waals surface area contributed by atoms with Crippen molar-refractivity contribution in [3.8, 4) is 11.5 Å². The van der Waals surface area contributed by atoms with Crippen LogP contribution in [0.1, 0.15) is 12.5 Å². The molecule has 1 aliphatic heterocycles. The number of hydrogen-bond donors (Lipinski definition) is 0. The number of ether oxygens (including phenoxy) is 3. The van der Waals surface area contributed by atoms with Gasteiger partial charge in [-0.3, -0.25) is 9.69 Å². The number of carbonyl (C=O) groups is 2. The fraction of sp³-hybridized carbons (Fsp3) is 0.190. The van der Waals surface area contributed by atoms with E-state index in [-0.39, 0.29) is 24.1 Å². The molecule has 2 aromatic rings. The number of esters is 1. The van der Waals surface area contributed by atoms with Crippen molar-refractivity contribution in [3.05, 3.63) is 56.1 Å². The van der Waals surface area contributed by atoms with Crippen LogP contribution in [0.25, 0.3) is 6.08 Å². The highest BCUT2D eigenvalue weighted by Gasteiger charge is 2.33. The number of rotatable bonds is 7. The molecule has 1 aliphatic rings. The zero-order valence-corrected chi connectivity index (χ0v) is 20.8. The smallest absolute Gasteiger partial charge is 0.344 e. The predicted octanol–water partition coefficient (Wildman–Crippen LogP) is 5.60. The number of methoxy groups -OCH3 is 1. The van der Waals surface area contributed by atoms with Gasteiger partial charge in [0.1, 0.15) is 5.82 Å². The molecule has 0 aliphatic carbocycles. The van der Waals surface area contributed by atoms with Crippen LogP contribution in [0.5, 0.6) is 11.5 Å². The van der Waals surface area contributed by atoms with Crippen molar-refractivity contribution in [3.63, 3.8) is 0 Å². The Kier molecular flexibility index (Phi) is 8.16. The summed E-state index contributed by atoms with van der Waals surface area (Å²) >= 11 is 15.7. The molecular formula is C21H16BrClFNO5S2. The number of nitrogens with zero attached hydrogens (tertiary/aromatic N) is 1. The van der Waals surface area contributed by atoms with Gasteiger partial charge in [-0.05, 0) is 64.8 Å². The fourth-order valence-electron chi connectivity index (χ4n) is 2.76. The van der Waals surface area contributed by atoms with Crippen LogP contribution in [0.3, 0.4) is 0 Å². The molecule has 6 nitrogen and oxygen atoms in total. The van der Waals surface area contributed by atoms with E-state index < -0.39 is 11.8 Å². The molecule has 32 heavy (non-hydrogen) atoms.